The molecular formula is C17H22N2. The molecule has 2 nitrogen and oxygen atoms in total. The summed E-state index contributed by atoms with van der Waals surface area (Å²) >= 11 is 0. The zero-order valence-corrected chi connectivity index (χ0v) is 11.5. The third kappa shape index (κ3) is 2.82. The summed E-state index contributed by atoms with van der Waals surface area (Å²) in [6.45, 7) is 2.06. The van der Waals surface area contributed by atoms with Crippen LogP contribution in [0.2, 0.25) is 0 Å². The second kappa shape index (κ2) is 5.75. The zero-order valence-electron chi connectivity index (χ0n) is 11.5. The van der Waals surface area contributed by atoms with Gasteiger partial charge in [-0.25, -0.2) is 0 Å². The third-order valence-corrected chi connectivity index (χ3v) is 4.88. The van der Waals surface area contributed by atoms with Gasteiger partial charge < -0.3 is 0 Å². The molecule has 3 unspecified atom stereocenters. The number of rotatable bonds is 2. The minimum atomic E-state index is 0.125. The summed E-state index contributed by atoms with van der Waals surface area (Å²) in [6, 6.07) is 13.2. The van der Waals surface area contributed by atoms with E-state index in [-0.39, 0.29) is 6.04 Å². The summed E-state index contributed by atoms with van der Waals surface area (Å²) in [7, 11) is 0. The van der Waals surface area contributed by atoms with Crippen molar-refractivity contribution in [1.82, 2.24) is 4.90 Å². The van der Waals surface area contributed by atoms with Crippen LogP contribution in [0.3, 0.4) is 0 Å². The topological polar surface area (TPSA) is 27.0 Å². The van der Waals surface area contributed by atoms with E-state index in [0.29, 0.717) is 0 Å². The van der Waals surface area contributed by atoms with Gasteiger partial charge in [0.1, 0.15) is 0 Å². The van der Waals surface area contributed by atoms with Crippen LogP contribution in [-0.2, 0) is 6.54 Å². The van der Waals surface area contributed by atoms with Gasteiger partial charge in [-0.3, -0.25) is 4.90 Å². The molecule has 0 spiro atoms. The van der Waals surface area contributed by atoms with Crippen LogP contribution in [0.25, 0.3) is 0 Å². The van der Waals surface area contributed by atoms with Crippen molar-refractivity contribution in [3.8, 4) is 6.07 Å². The number of nitrogens with zero attached hydrogens (tertiary/aromatic N) is 2. The molecule has 0 bridgehead atoms. The van der Waals surface area contributed by atoms with Gasteiger partial charge in [0.25, 0.3) is 0 Å². The predicted molar refractivity (Wildman–Crippen MR) is 76.3 cm³/mol. The Labute approximate surface area is 116 Å². The molecule has 0 radical (unpaired) electrons. The Bertz CT molecular complexity index is 448. The molecule has 2 fully saturated rings. The van der Waals surface area contributed by atoms with Crippen molar-refractivity contribution >= 4 is 0 Å². The Morgan fingerprint density at radius 1 is 1.11 bits per heavy atom. The molecule has 2 aliphatic rings. The monoisotopic (exact) mass is 254 g/mol. The van der Waals surface area contributed by atoms with E-state index < -0.39 is 0 Å². The van der Waals surface area contributed by atoms with E-state index in [4.69, 9.17) is 0 Å². The summed E-state index contributed by atoms with van der Waals surface area (Å²) in [4.78, 5) is 2.40. The van der Waals surface area contributed by atoms with Crippen molar-refractivity contribution in [2.45, 2.75) is 44.7 Å². The summed E-state index contributed by atoms with van der Waals surface area (Å²) in [6.07, 6.45) is 6.57. The lowest BCUT2D eigenvalue weighted by atomic mass is 9.73. The Hall–Kier alpha value is -1.33. The highest BCUT2D eigenvalue weighted by atomic mass is 15.2. The first-order valence-corrected chi connectivity index (χ1v) is 7.54. The van der Waals surface area contributed by atoms with Gasteiger partial charge >= 0.3 is 0 Å². The van der Waals surface area contributed by atoms with Gasteiger partial charge in [0, 0.05) is 13.1 Å². The van der Waals surface area contributed by atoms with Crippen LogP contribution in [0.1, 0.15) is 37.7 Å². The van der Waals surface area contributed by atoms with Gasteiger partial charge in [-0.1, -0.05) is 49.6 Å². The Balaban J connectivity index is 1.71. The Morgan fingerprint density at radius 3 is 2.58 bits per heavy atom. The van der Waals surface area contributed by atoms with Crippen LogP contribution in [0.15, 0.2) is 30.3 Å². The van der Waals surface area contributed by atoms with E-state index in [1.54, 1.807) is 0 Å². The fourth-order valence-electron chi connectivity index (χ4n) is 3.83. The van der Waals surface area contributed by atoms with Crippen LogP contribution in [0, 0.1) is 23.2 Å². The average molecular weight is 254 g/mol. The average Bonchev–Trinajstić information content (AvgIpc) is 2.47. The molecule has 1 saturated heterocycles. The van der Waals surface area contributed by atoms with Gasteiger partial charge in [0.05, 0.1) is 12.1 Å². The maximum absolute atomic E-state index is 9.44. The van der Waals surface area contributed by atoms with Gasteiger partial charge in [-0.2, -0.15) is 5.26 Å². The largest absolute Gasteiger partial charge is 0.283 e. The summed E-state index contributed by atoms with van der Waals surface area (Å²) in [5.74, 6) is 1.65. The highest BCUT2D eigenvalue weighted by Gasteiger charge is 2.36. The highest BCUT2D eigenvalue weighted by Crippen LogP contribution is 2.38. The molecule has 0 aromatic heterocycles. The molecule has 1 saturated carbocycles. The molecule has 1 aliphatic heterocycles. The minimum absolute atomic E-state index is 0.125. The maximum Gasteiger partial charge on any atom is 0.0983 e. The molecule has 1 heterocycles. The van der Waals surface area contributed by atoms with Crippen molar-refractivity contribution in [3.05, 3.63) is 35.9 Å². The van der Waals surface area contributed by atoms with Crippen molar-refractivity contribution in [2.75, 3.05) is 6.54 Å². The normalized spacial score (nSPS) is 31.4. The van der Waals surface area contributed by atoms with Crippen LogP contribution in [0.5, 0.6) is 0 Å². The molecule has 0 amide bonds. The van der Waals surface area contributed by atoms with Gasteiger partial charge in [-0.05, 0) is 30.2 Å². The number of hydrogen-bond acceptors (Lipinski definition) is 2. The van der Waals surface area contributed by atoms with E-state index >= 15 is 0 Å². The molecule has 1 aliphatic carbocycles. The molecule has 0 N–H and O–H groups in total. The highest BCUT2D eigenvalue weighted by molar-refractivity contribution is 5.15. The maximum atomic E-state index is 9.44. The molecule has 19 heavy (non-hydrogen) atoms. The minimum Gasteiger partial charge on any atom is -0.283 e. The molecule has 1 aromatic rings. The van der Waals surface area contributed by atoms with E-state index in [0.717, 1.165) is 31.3 Å². The first-order valence-electron chi connectivity index (χ1n) is 7.54. The number of hydrogen-bond donors (Lipinski definition) is 0. The van der Waals surface area contributed by atoms with E-state index in [1.807, 2.05) is 0 Å². The van der Waals surface area contributed by atoms with Crippen LogP contribution in [-0.4, -0.2) is 17.5 Å². The van der Waals surface area contributed by atoms with Crippen molar-refractivity contribution in [2.24, 2.45) is 11.8 Å². The summed E-state index contributed by atoms with van der Waals surface area (Å²) < 4.78 is 0. The molecule has 3 atom stereocenters. The molecular weight excluding hydrogens is 232 g/mol. The van der Waals surface area contributed by atoms with Gasteiger partial charge in [-0.15, -0.1) is 0 Å². The third-order valence-electron chi connectivity index (χ3n) is 4.88. The van der Waals surface area contributed by atoms with Gasteiger partial charge in [0.2, 0.25) is 0 Å². The summed E-state index contributed by atoms with van der Waals surface area (Å²) in [5.41, 5.74) is 1.33. The second-order valence-corrected chi connectivity index (χ2v) is 6.10. The zero-order chi connectivity index (χ0) is 13.1. The van der Waals surface area contributed by atoms with E-state index in [1.165, 1.54) is 31.2 Å². The van der Waals surface area contributed by atoms with Gasteiger partial charge in [0.15, 0.2) is 0 Å². The number of benzene rings is 1. The fraction of sp³-hybridized carbons (Fsp3) is 0.588. The molecule has 2 heteroatoms. The number of likely N-dealkylation sites (tertiary alicyclic amines) is 1. The van der Waals surface area contributed by atoms with Crippen molar-refractivity contribution < 1.29 is 0 Å². The van der Waals surface area contributed by atoms with Crippen LogP contribution >= 0.6 is 0 Å². The lowest BCUT2D eigenvalue weighted by Gasteiger charge is -2.43. The lowest BCUT2D eigenvalue weighted by molar-refractivity contribution is 0.0553. The standard InChI is InChI=1S/C17H22N2/c18-11-17-10-15-8-4-5-9-16(15)13-19(17)12-14-6-2-1-3-7-14/h1-3,6-7,15-17H,4-5,8-10,12-13H2. The predicted octanol–water partition coefficient (Wildman–Crippen LogP) is 3.59. The fourth-order valence-corrected chi connectivity index (χ4v) is 3.83. The lowest BCUT2D eigenvalue weighted by Crippen LogP contribution is -2.47. The number of piperidine rings is 1. The SMILES string of the molecule is N#CC1CC2CCCCC2CN1Cc1ccccc1. The number of fused-ring (bicyclic) bond motifs is 1. The Kier molecular flexibility index (Phi) is 3.84. The molecule has 3 rings (SSSR count). The van der Waals surface area contributed by atoms with Crippen molar-refractivity contribution in [3.63, 3.8) is 0 Å². The summed E-state index contributed by atoms with van der Waals surface area (Å²) in [5, 5.41) is 9.44. The first-order chi connectivity index (χ1) is 9.36. The van der Waals surface area contributed by atoms with E-state index in [2.05, 4.69) is 41.3 Å². The molecule has 100 valence electrons. The first kappa shape index (κ1) is 12.7. The van der Waals surface area contributed by atoms with Crippen molar-refractivity contribution in [1.29, 1.82) is 5.26 Å². The van der Waals surface area contributed by atoms with E-state index in [9.17, 15) is 5.26 Å². The smallest absolute Gasteiger partial charge is 0.0983 e. The van der Waals surface area contributed by atoms with Crippen LogP contribution < -0.4 is 0 Å². The Morgan fingerprint density at radius 2 is 1.84 bits per heavy atom. The van der Waals surface area contributed by atoms with Crippen LogP contribution in [0.4, 0.5) is 0 Å². The second-order valence-electron chi connectivity index (χ2n) is 6.10. The quantitative estimate of drug-likeness (QED) is 0.806. The molecule has 1 aromatic carbocycles. The number of nitriles is 1.